The first-order valence-corrected chi connectivity index (χ1v) is 8.77. The summed E-state index contributed by atoms with van der Waals surface area (Å²) in [5.74, 6) is 2.41. The Bertz CT molecular complexity index is 506. The van der Waals surface area contributed by atoms with Gasteiger partial charge in [-0.25, -0.2) is 0 Å². The number of hydrogen-bond acceptors (Lipinski definition) is 0. The molecule has 120 valence electrons. The van der Waals surface area contributed by atoms with Crippen LogP contribution in [-0.4, -0.2) is 3.21 Å². The molecule has 1 unspecified atom stereocenters. The van der Waals surface area contributed by atoms with Gasteiger partial charge in [0.1, 0.15) is 0 Å². The van der Waals surface area contributed by atoms with Crippen LogP contribution >= 0.6 is 0 Å². The third kappa shape index (κ3) is 5.36. The van der Waals surface area contributed by atoms with Crippen LogP contribution in [0.15, 0.2) is 47.6 Å². The van der Waals surface area contributed by atoms with Crippen LogP contribution in [0.3, 0.4) is 0 Å². The first-order chi connectivity index (χ1) is 9.42. The summed E-state index contributed by atoms with van der Waals surface area (Å²) in [5, 5.41) is 0. The quantitative estimate of drug-likeness (QED) is 0.489. The maximum absolute atomic E-state index is 2.40. The van der Waals surface area contributed by atoms with E-state index >= 15 is 0 Å². The SMILES string of the molecule is CC1(C)CC2CC=CC=C2[C-]1C1=CC=CC1.C[C](C)=[Zr+2].[Cl-].[Cl-]. The molecule has 0 amide bonds. The van der Waals surface area contributed by atoms with E-state index in [0.29, 0.717) is 5.41 Å². The van der Waals surface area contributed by atoms with Gasteiger partial charge < -0.3 is 24.8 Å². The molecule has 0 aliphatic heterocycles. The van der Waals surface area contributed by atoms with Crippen LogP contribution in [0.2, 0.25) is 0 Å². The largest absolute Gasteiger partial charge is 1.00 e. The number of halogens is 2. The maximum Gasteiger partial charge on any atom is -1.00 e. The number of allylic oxidation sites excluding steroid dienone is 8. The Labute approximate surface area is 163 Å². The Balaban J connectivity index is 0.000000665. The molecule has 0 aromatic carbocycles. The van der Waals surface area contributed by atoms with E-state index in [1.807, 2.05) is 0 Å². The van der Waals surface area contributed by atoms with Crippen molar-refractivity contribution < 1.29 is 49.0 Å². The first-order valence-electron chi connectivity index (χ1n) is 7.54. The third-order valence-corrected chi connectivity index (χ3v) is 4.09. The summed E-state index contributed by atoms with van der Waals surface area (Å²) < 4.78 is 1.51. The zero-order valence-corrected chi connectivity index (χ0v) is 17.9. The van der Waals surface area contributed by atoms with Crippen LogP contribution in [0.1, 0.15) is 47.0 Å². The average molecular weight is 416 g/mol. The van der Waals surface area contributed by atoms with Gasteiger partial charge in [-0.05, 0) is 25.2 Å². The van der Waals surface area contributed by atoms with E-state index in [4.69, 9.17) is 0 Å². The van der Waals surface area contributed by atoms with Crippen LogP contribution in [-0.2, 0) is 24.2 Å². The summed E-state index contributed by atoms with van der Waals surface area (Å²) in [6, 6.07) is 0. The molecule has 3 aliphatic rings. The van der Waals surface area contributed by atoms with Gasteiger partial charge >= 0.3 is 41.3 Å². The van der Waals surface area contributed by atoms with E-state index in [1.54, 1.807) is 41.3 Å². The van der Waals surface area contributed by atoms with Crippen LogP contribution in [0.5, 0.6) is 0 Å². The molecule has 1 saturated carbocycles. The van der Waals surface area contributed by atoms with Crippen molar-refractivity contribution in [3.05, 3.63) is 53.5 Å². The van der Waals surface area contributed by atoms with E-state index in [1.165, 1.54) is 16.0 Å². The van der Waals surface area contributed by atoms with Crippen LogP contribution in [0.4, 0.5) is 0 Å². The minimum atomic E-state index is 0. The van der Waals surface area contributed by atoms with Crippen molar-refractivity contribution in [3.8, 4) is 0 Å². The van der Waals surface area contributed by atoms with Gasteiger partial charge in [-0.1, -0.05) is 31.4 Å². The minimum absolute atomic E-state index is 0. The number of rotatable bonds is 1. The van der Waals surface area contributed by atoms with Crippen molar-refractivity contribution in [3.63, 3.8) is 0 Å². The molecule has 0 heterocycles. The molecule has 0 radical (unpaired) electrons. The molecule has 0 spiro atoms. The molecular formula is C19H25Cl2Zr-. The molecule has 3 heteroatoms. The maximum atomic E-state index is 2.40. The third-order valence-electron chi connectivity index (χ3n) is 4.09. The molecule has 1 atom stereocenters. The second kappa shape index (κ2) is 9.46. The monoisotopic (exact) mass is 413 g/mol. The van der Waals surface area contributed by atoms with Gasteiger partial charge in [0.25, 0.3) is 0 Å². The standard InChI is InChI=1S/C16H19.C3H6.2ClH.Zr/c1-16(2)11-13-9-5-6-10-14(13)15(16)12-7-3-4-8-12;1-3-2;;;/h3-7,10,13H,8-9,11H2,1-2H3;1-2H3;2*1H;/q-1;;;;+2/p-2. The Morgan fingerprint density at radius 1 is 1.14 bits per heavy atom. The van der Waals surface area contributed by atoms with Gasteiger partial charge in [-0.15, -0.1) is 29.2 Å². The summed E-state index contributed by atoms with van der Waals surface area (Å²) >= 11 is 1.55. The summed E-state index contributed by atoms with van der Waals surface area (Å²) in [7, 11) is 0. The topological polar surface area (TPSA) is 0 Å². The van der Waals surface area contributed by atoms with Crippen LogP contribution < -0.4 is 24.8 Å². The predicted molar refractivity (Wildman–Crippen MR) is 85.2 cm³/mol. The smallest absolute Gasteiger partial charge is 1.00 e. The predicted octanol–water partition coefficient (Wildman–Crippen LogP) is -0.867. The van der Waals surface area contributed by atoms with Gasteiger partial charge in [0, 0.05) is 0 Å². The van der Waals surface area contributed by atoms with Crippen molar-refractivity contribution in [2.75, 3.05) is 0 Å². The summed E-state index contributed by atoms with van der Waals surface area (Å²) in [6.07, 6.45) is 17.3. The molecule has 0 aromatic rings. The molecule has 0 bridgehead atoms. The normalized spacial score (nSPS) is 23.4. The minimum Gasteiger partial charge on any atom is -1.00 e. The van der Waals surface area contributed by atoms with Gasteiger partial charge in [0.15, 0.2) is 0 Å². The van der Waals surface area contributed by atoms with Crippen LogP contribution in [0.25, 0.3) is 0 Å². The molecule has 3 rings (SSSR count). The first kappa shape index (κ1) is 22.2. The Morgan fingerprint density at radius 2 is 1.73 bits per heavy atom. The van der Waals surface area contributed by atoms with E-state index in [-0.39, 0.29) is 24.8 Å². The fraction of sp³-hybridized carbons (Fsp3) is 0.474. The zero-order chi connectivity index (χ0) is 14.8. The van der Waals surface area contributed by atoms with Gasteiger partial charge in [0.05, 0.1) is 0 Å². The van der Waals surface area contributed by atoms with Crippen LogP contribution in [0, 0.1) is 17.3 Å². The second-order valence-electron chi connectivity index (χ2n) is 6.77. The molecule has 0 nitrogen and oxygen atoms in total. The molecule has 0 N–H and O–H groups in total. The summed E-state index contributed by atoms with van der Waals surface area (Å²) in [6.45, 7) is 9.05. The molecule has 1 fully saturated rings. The van der Waals surface area contributed by atoms with E-state index < -0.39 is 0 Å². The van der Waals surface area contributed by atoms with Crippen molar-refractivity contribution in [1.29, 1.82) is 0 Å². The van der Waals surface area contributed by atoms with E-state index in [2.05, 4.69) is 64.2 Å². The Morgan fingerprint density at radius 3 is 2.27 bits per heavy atom. The molecule has 0 saturated heterocycles. The molecule has 3 aliphatic carbocycles. The molecule has 0 aromatic heterocycles. The van der Waals surface area contributed by atoms with E-state index in [0.717, 1.165) is 12.3 Å². The van der Waals surface area contributed by atoms with Gasteiger partial charge in [-0.2, -0.15) is 12.2 Å². The van der Waals surface area contributed by atoms with Gasteiger partial charge in [0.2, 0.25) is 0 Å². The molecular weight excluding hydrogens is 390 g/mol. The summed E-state index contributed by atoms with van der Waals surface area (Å²) in [5.41, 5.74) is 3.52. The van der Waals surface area contributed by atoms with Crippen molar-refractivity contribution >= 4 is 3.21 Å². The average Bonchev–Trinajstić information content (AvgIpc) is 2.91. The van der Waals surface area contributed by atoms with E-state index in [9.17, 15) is 0 Å². The van der Waals surface area contributed by atoms with Gasteiger partial charge in [-0.3, -0.25) is 0 Å². The molecule has 22 heavy (non-hydrogen) atoms. The Kier molecular flexibility index (Phi) is 9.53. The zero-order valence-electron chi connectivity index (χ0n) is 13.9. The summed E-state index contributed by atoms with van der Waals surface area (Å²) in [4.78, 5) is 0. The second-order valence-corrected chi connectivity index (χ2v) is 9.23. The number of hydrogen-bond donors (Lipinski definition) is 0. The van der Waals surface area contributed by atoms with Crippen molar-refractivity contribution in [2.24, 2.45) is 11.3 Å². The Hall–Kier alpha value is 0.163. The van der Waals surface area contributed by atoms with Crippen molar-refractivity contribution in [1.82, 2.24) is 0 Å². The fourth-order valence-electron chi connectivity index (χ4n) is 3.52. The number of fused-ring (bicyclic) bond motifs is 1. The van der Waals surface area contributed by atoms with Crippen molar-refractivity contribution in [2.45, 2.75) is 47.0 Å². The fourth-order valence-corrected chi connectivity index (χ4v) is 3.52.